The molecular weight excluding hydrogens is 296 g/mol. The number of nitrogens with zero attached hydrogens (tertiary/aromatic N) is 1. The maximum absolute atomic E-state index is 11.9. The van der Waals surface area contributed by atoms with Gasteiger partial charge in [0.15, 0.2) is 5.96 Å². The quantitative estimate of drug-likeness (QED) is 0.300. The minimum Gasteiger partial charge on any atom is -0.370 e. The number of hydrogen-bond donors (Lipinski definition) is 3. The van der Waals surface area contributed by atoms with Crippen LogP contribution in [0.15, 0.2) is 33.5 Å². The Morgan fingerprint density at radius 3 is 2.70 bits per heavy atom. The lowest BCUT2D eigenvalue weighted by atomic mass is 10.4. The fourth-order valence-corrected chi connectivity index (χ4v) is 3.64. The summed E-state index contributed by atoms with van der Waals surface area (Å²) in [5, 5.41) is 2.83. The zero-order valence-electron chi connectivity index (χ0n) is 11.6. The Morgan fingerprint density at radius 2 is 2.15 bits per heavy atom. The smallest absolute Gasteiger partial charge is 0.250 e. The number of sulfonamides is 1. The van der Waals surface area contributed by atoms with Crippen LogP contribution >= 0.6 is 11.3 Å². The molecule has 0 aliphatic carbocycles. The monoisotopic (exact) mass is 316 g/mol. The summed E-state index contributed by atoms with van der Waals surface area (Å²) < 4.78 is 26.6. The van der Waals surface area contributed by atoms with Crippen molar-refractivity contribution in [2.75, 3.05) is 19.6 Å². The molecule has 112 valence electrons. The van der Waals surface area contributed by atoms with Crippen LogP contribution in [0, 0.1) is 6.92 Å². The summed E-state index contributed by atoms with van der Waals surface area (Å²) in [6.45, 7) is 8.50. The van der Waals surface area contributed by atoms with Gasteiger partial charge in [-0.15, -0.1) is 11.3 Å². The highest BCUT2D eigenvalue weighted by Gasteiger charge is 2.14. The second-order valence-corrected chi connectivity index (χ2v) is 7.63. The number of rotatable bonds is 7. The average Bonchev–Trinajstić information content (AvgIpc) is 2.79. The van der Waals surface area contributed by atoms with Crippen molar-refractivity contribution in [3.05, 3.63) is 29.2 Å². The first-order valence-corrected chi connectivity index (χ1v) is 8.35. The predicted molar refractivity (Wildman–Crippen MR) is 83.6 cm³/mol. The van der Waals surface area contributed by atoms with Gasteiger partial charge in [0.25, 0.3) is 0 Å². The van der Waals surface area contributed by atoms with E-state index in [0.29, 0.717) is 17.3 Å². The maximum Gasteiger partial charge on any atom is 0.250 e. The Morgan fingerprint density at radius 1 is 1.45 bits per heavy atom. The Kier molecular flexibility index (Phi) is 6.18. The van der Waals surface area contributed by atoms with E-state index in [1.54, 1.807) is 12.1 Å². The van der Waals surface area contributed by atoms with Crippen LogP contribution < -0.4 is 15.8 Å². The van der Waals surface area contributed by atoms with E-state index in [1.807, 2.05) is 13.8 Å². The second-order valence-electron chi connectivity index (χ2n) is 4.35. The predicted octanol–water partition coefficient (Wildman–Crippen LogP) is 0.815. The van der Waals surface area contributed by atoms with Crippen LogP contribution in [0.1, 0.15) is 11.8 Å². The van der Waals surface area contributed by atoms with Crippen molar-refractivity contribution >= 4 is 27.3 Å². The van der Waals surface area contributed by atoms with Gasteiger partial charge in [0.2, 0.25) is 10.0 Å². The van der Waals surface area contributed by atoms with Gasteiger partial charge >= 0.3 is 0 Å². The van der Waals surface area contributed by atoms with E-state index in [9.17, 15) is 8.42 Å². The summed E-state index contributed by atoms with van der Waals surface area (Å²) in [5.74, 6) is 0.277. The number of guanidine groups is 1. The Bertz CT molecular complexity index is 590. The SMILES string of the molecule is C=C(C)CN=C(N)NCCNS(=O)(=O)c1ccc(C)s1. The molecule has 0 amide bonds. The third-order valence-corrected chi connectivity index (χ3v) is 5.18. The molecule has 0 bridgehead atoms. The van der Waals surface area contributed by atoms with Gasteiger partial charge in [-0.1, -0.05) is 12.2 Å². The molecule has 1 heterocycles. The normalized spacial score (nSPS) is 12.4. The molecule has 0 saturated heterocycles. The van der Waals surface area contributed by atoms with Crippen molar-refractivity contribution in [1.82, 2.24) is 10.0 Å². The van der Waals surface area contributed by atoms with Gasteiger partial charge in [0.05, 0.1) is 6.54 Å². The van der Waals surface area contributed by atoms with Gasteiger partial charge in [-0.3, -0.25) is 0 Å². The summed E-state index contributed by atoms with van der Waals surface area (Å²) in [6.07, 6.45) is 0. The van der Waals surface area contributed by atoms with E-state index in [4.69, 9.17) is 5.73 Å². The Hall–Kier alpha value is -1.38. The van der Waals surface area contributed by atoms with E-state index >= 15 is 0 Å². The summed E-state index contributed by atoms with van der Waals surface area (Å²) in [4.78, 5) is 4.99. The molecule has 0 spiro atoms. The average molecular weight is 316 g/mol. The minimum absolute atomic E-state index is 0.239. The van der Waals surface area contributed by atoms with Crippen molar-refractivity contribution in [2.45, 2.75) is 18.1 Å². The van der Waals surface area contributed by atoms with Crippen molar-refractivity contribution in [1.29, 1.82) is 0 Å². The number of hydrogen-bond acceptors (Lipinski definition) is 4. The first kappa shape index (κ1) is 16.7. The third-order valence-electron chi connectivity index (χ3n) is 2.22. The lowest BCUT2D eigenvalue weighted by Gasteiger charge is -2.07. The summed E-state index contributed by atoms with van der Waals surface area (Å²) >= 11 is 1.24. The van der Waals surface area contributed by atoms with E-state index < -0.39 is 10.0 Å². The largest absolute Gasteiger partial charge is 0.370 e. The molecule has 1 rings (SSSR count). The van der Waals surface area contributed by atoms with Crippen LogP contribution in [-0.4, -0.2) is 34.0 Å². The van der Waals surface area contributed by atoms with Gasteiger partial charge in [-0.25, -0.2) is 18.1 Å². The molecule has 1 aromatic heterocycles. The van der Waals surface area contributed by atoms with Gasteiger partial charge < -0.3 is 11.1 Å². The topological polar surface area (TPSA) is 96.6 Å². The summed E-state index contributed by atoms with van der Waals surface area (Å²) in [5.41, 5.74) is 6.51. The van der Waals surface area contributed by atoms with Crippen LogP contribution in [0.4, 0.5) is 0 Å². The first-order chi connectivity index (χ1) is 9.31. The van der Waals surface area contributed by atoms with Gasteiger partial charge in [-0.05, 0) is 26.0 Å². The van der Waals surface area contributed by atoms with Crippen molar-refractivity contribution in [3.8, 4) is 0 Å². The molecular formula is C12H20N4O2S2. The highest BCUT2D eigenvalue weighted by Crippen LogP contribution is 2.19. The summed E-state index contributed by atoms with van der Waals surface area (Å²) in [6, 6.07) is 3.37. The van der Waals surface area contributed by atoms with Crippen LogP contribution in [0.2, 0.25) is 0 Å². The van der Waals surface area contributed by atoms with E-state index in [-0.39, 0.29) is 12.5 Å². The maximum atomic E-state index is 11.9. The third kappa shape index (κ3) is 5.72. The molecule has 0 atom stereocenters. The van der Waals surface area contributed by atoms with Gasteiger partial charge in [-0.2, -0.15) is 0 Å². The van der Waals surface area contributed by atoms with Crippen LogP contribution in [0.3, 0.4) is 0 Å². The molecule has 0 radical (unpaired) electrons. The molecule has 20 heavy (non-hydrogen) atoms. The number of nitrogens with two attached hydrogens (primary N) is 1. The molecule has 1 aromatic rings. The molecule has 8 heteroatoms. The van der Waals surface area contributed by atoms with Crippen LogP contribution in [0.5, 0.6) is 0 Å². The van der Waals surface area contributed by atoms with Gasteiger partial charge in [0.1, 0.15) is 4.21 Å². The standard InChI is InChI=1S/C12H20N4O2S2/c1-9(2)8-15-12(13)14-6-7-16-20(17,18)11-5-4-10(3)19-11/h4-5,16H,1,6-8H2,2-3H3,(H3,13,14,15). The molecule has 0 aromatic carbocycles. The second kappa shape index (κ2) is 7.41. The Balaban J connectivity index is 2.37. The van der Waals surface area contributed by atoms with Crippen LogP contribution in [0.25, 0.3) is 0 Å². The highest BCUT2D eigenvalue weighted by atomic mass is 32.2. The number of aryl methyl sites for hydroxylation is 1. The summed E-state index contributed by atoms with van der Waals surface area (Å²) in [7, 11) is -3.43. The van der Waals surface area contributed by atoms with E-state index in [1.165, 1.54) is 11.3 Å². The van der Waals surface area contributed by atoms with Gasteiger partial charge in [0, 0.05) is 18.0 Å². The Labute approximate surface area is 123 Å². The minimum atomic E-state index is -3.43. The zero-order valence-corrected chi connectivity index (χ0v) is 13.3. The molecule has 0 saturated carbocycles. The number of aliphatic imine (C=N–C) groups is 1. The van der Waals surface area contributed by atoms with E-state index in [0.717, 1.165) is 10.5 Å². The molecule has 4 N–H and O–H groups in total. The fourth-order valence-electron chi connectivity index (χ4n) is 1.28. The van der Waals surface area contributed by atoms with Crippen molar-refractivity contribution < 1.29 is 8.42 Å². The van der Waals surface area contributed by atoms with E-state index in [2.05, 4.69) is 21.6 Å². The molecule has 0 fully saturated rings. The van der Waals surface area contributed by atoms with Crippen molar-refractivity contribution in [3.63, 3.8) is 0 Å². The zero-order chi connectivity index (χ0) is 15.2. The molecule has 0 aliphatic rings. The van der Waals surface area contributed by atoms with Crippen molar-refractivity contribution in [2.24, 2.45) is 10.7 Å². The molecule has 0 unspecified atom stereocenters. The first-order valence-electron chi connectivity index (χ1n) is 6.05. The number of thiophene rings is 1. The molecule has 0 aliphatic heterocycles. The highest BCUT2D eigenvalue weighted by molar-refractivity contribution is 7.91. The fraction of sp³-hybridized carbons (Fsp3) is 0.417. The lowest BCUT2D eigenvalue weighted by molar-refractivity contribution is 0.583. The van der Waals surface area contributed by atoms with Crippen LogP contribution in [-0.2, 0) is 10.0 Å². The lowest BCUT2D eigenvalue weighted by Crippen LogP contribution is -2.38. The number of nitrogens with one attached hydrogen (secondary N) is 2. The molecule has 6 nitrogen and oxygen atoms in total.